The smallest absolute Gasteiger partial charge is 0.158 e. The first-order valence-corrected chi connectivity index (χ1v) is 12.1. The van der Waals surface area contributed by atoms with Gasteiger partial charge in [0, 0.05) is 30.1 Å². The summed E-state index contributed by atoms with van der Waals surface area (Å²) in [5.41, 5.74) is 5.11. The number of nitrogens with zero attached hydrogens (tertiary/aromatic N) is 8. The fraction of sp³-hybridized carbons (Fsp3) is 0.259. The van der Waals surface area contributed by atoms with E-state index in [1.165, 1.54) is 0 Å². The van der Waals surface area contributed by atoms with Crippen molar-refractivity contribution in [2.24, 2.45) is 5.92 Å². The Hall–Kier alpha value is -4.62. The molecule has 1 fully saturated rings. The topological polar surface area (TPSA) is 132 Å². The van der Waals surface area contributed by atoms with Crippen LogP contribution in [0.3, 0.4) is 0 Å². The van der Waals surface area contributed by atoms with Crippen LogP contribution in [0.15, 0.2) is 61.1 Å². The van der Waals surface area contributed by atoms with Crippen molar-refractivity contribution in [2.45, 2.75) is 26.0 Å². The van der Waals surface area contributed by atoms with Gasteiger partial charge >= 0.3 is 0 Å². The molecule has 184 valence electrons. The largest absolute Gasteiger partial charge is 0.390 e. The maximum atomic E-state index is 10.2. The van der Waals surface area contributed by atoms with Gasteiger partial charge in [-0.1, -0.05) is 23.4 Å². The van der Waals surface area contributed by atoms with Crippen molar-refractivity contribution < 1.29 is 5.11 Å². The maximum Gasteiger partial charge on any atom is 0.158 e. The molecule has 0 atom stereocenters. The number of nitriles is 1. The van der Waals surface area contributed by atoms with E-state index in [4.69, 9.17) is 4.98 Å². The number of benzene rings is 1. The lowest BCUT2D eigenvalue weighted by molar-refractivity contribution is 0.00438. The fourth-order valence-electron chi connectivity index (χ4n) is 4.53. The molecule has 2 N–H and O–H groups in total. The van der Waals surface area contributed by atoms with E-state index in [1.54, 1.807) is 17.1 Å². The van der Waals surface area contributed by atoms with Crippen LogP contribution >= 0.6 is 0 Å². The van der Waals surface area contributed by atoms with Crippen LogP contribution in [-0.2, 0) is 6.54 Å². The molecule has 0 bridgehead atoms. The zero-order chi connectivity index (χ0) is 25.6. The van der Waals surface area contributed by atoms with Crippen LogP contribution < -0.4 is 4.90 Å². The predicted molar refractivity (Wildman–Crippen MR) is 138 cm³/mol. The van der Waals surface area contributed by atoms with Gasteiger partial charge in [-0.05, 0) is 44.2 Å². The van der Waals surface area contributed by atoms with E-state index in [1.807, 2.05) is 62.5 Å². The summed E-state index contributed by atoms with van der Waals surface area (Å²) in [5.74, 6) is 1.14. The molecule has 5 heterocycles. The van der Waals surface area contributed by atoms with Gasteiger partial charge in [0.25, 0.3) is 0 Å². The van der Waals surface area contributed by atoms with Gasteiger partial charge in [0.1, 0.15) is 17.0 Å². The second-order valence-corrected chi connectivity index (χ2v) is 9.89. The molecule has 1 aliphatic rings. The number of pyridine rings is 2. The molecule has 1 aromatic carbocycles. The normalized spacial score (nSPS) is 14.1. The number of rotatable bonds is 6. The number of H-pyrrole nitrogens is 1. The van der Waals surface area contributed by atoms with E-state index in [2.05, 4.69) is 36.2 Å². The van der Waals surface area contributed by atoms with Crippen molar-refractivity contribution in [3.05, 3.63) is 72.3 Å². The highest BCUT2D eigenvalue weighted by Crippen LogP contribution is 2.31. The summed E-state index contributed by atoms with van der Waals surface area (Å²) < 4.78 is 1.76. The van der Waals surface area contributed by atoms with Crippen molar-refractivity contribution in [1.82, 2.24) is 34.9 Å². The molecule has 0 aliphatic carbocycles. The van der Waals surface area contributed by atoms with Crippen molar-refractivity contribution in [3.8, 4) is 28.6 Å². The van der Waals surface area contributed by atoms with Gasteiger partial charge in [0.05, 0.1) is 47.7 Å². The highest BCUT2D eigenvalue weighted by molar-refractivity contribution is 5.91. The van der Waals surface area contributed by atoms with Gasteiger partial charge in [0.2, 0.25) is 0 Å². The molecule has 0 spiro atoms. The van der Waals surface area contributed by atoms with Crippen molar-refractivity contribution in [3.63, 3.8) is 0 Å². The molecule has 0 unspecified atom stereocenters. The predicted octanol–water partition coefficient (Wildman–Crippen LogP) is 3.41. The minimum Gasteiger partial charge on any atom is -0.390 e. The Bertz CT molecular complexity index is 1630. The summed E-state index contributed by atoms with van der Waals surface area (Å²) in [7, 11) is 0. The first kappa shape index (κ1) is 22.8. The monoisotopic (exact) mass is 491 g/mol. The van der Waals surface area contributed by atoms with E-state index in [9.17, 15) is 10.4 Å². The zero-order valence-electron chi connectivity index (χ0n) is 20.5. The number of imidazole rings is 1. The quantitative estimate of drug-likeness (QED) is 0.369. The summed E-state index contributed by atoms with van der Waals surface area (Å²) in [5, 5.41) is 28.3. The molecular formula is C27H25N9O. The summed E-state index contributed by atoms with van der Waals surface area (Å²) >= 11 is 0. The minimum atomic E-state index is -0.684. The second kappa shape index (κ2) is 8.80. The van der Waals surface area contributed by atoms with Gasteiger partial charge < -0.3 is 15.0 Å². The van der Waals surface area contributed by atoms with Crippen LogP contribution in [0.4, 0.5) is 5.82 Å². The molecule has 0 radical (unpaired) electrons. The van der Waals surface area contributed by atoms with E-state index >= 15 is 0 Å². The third-order valence-corrected chi connectivity index (χ3v) is 6.81. The molecule has 5 aromatic rings. The van der Waals surface area contributed by atoms with Crippen LogP contribution in [0.5, 0.6) is 0 Å². The fourth-order valence-corrected chi connectivity index (χ4v) is 4.53. The number of anilines is 1. The Balaban J connectivity index is 1.26. The molecule has 4 aromatic heterocycles. The Morgan fingerprint density at radius 3 is 2.76 bits per heavy atom. The summed E-state index contributed by atoms with van der Waals surface area (Å²) in [6.07, 6.45) is 3.48. The van der Waals surface area contributed by atoms with Gasteiger partial charge in [0.15, 0.2) is 5.65 Å². The third kappa shape index (κ3) is 4.41. The number of aromatic nitrogens is 7. The van der Waals surface area contributed by atoms with Crippen molar-refractivity contribution in [1.29, 1.82) is 5.26 Å². The minimum absolute atomic E-state index is 0.238. The van der Waals surface area contributed by atoms with Crippen LogP contribution in [0.1, 0.15) is 25.1 Å². The first-order valence-electron chi connectivity index (χ1n) is 12.1. The lowest BCUT2D eigenvalue weighted by atomic mass is 9.84. The molecular weight excluding hydrogens is 466 g/mol. The Labute approximate surface area is 213 Å². The molecule has 1 aliphatic heterocycles. The molecule has 1 saturated heterocycles. The average molecular weight is 492 g/mol. The average Bonchev–Trinajstić information content (AvgIpc) is 3.51. The van der Waals surface area contributed by atoms with E-state index in [0.717, 1.165) is 35.7 Å². The second-order valence-electron chi connectivity index (χ2n) is 9.89. The first-order chi connectivity index (χ1) is 17.9. The van der Waals surface area contributed by atoms with Gasteiger partial charge in [-0.25, -0.2) is 19.6 Å². The van der Waals surface area contributed by atoms with Gasteiger partial charge in [-0.2, -0.15) is 5.26 Å². The SMILES string of the molecule is CC(C)(O)C1CN(c2cccc(Cn3cc(-c4cc(-c5cccc(C#N)c5)nc5[nH]cnc45)nn3)n2)C1. The Morgan fingerprint density at radius 1 is 1.11 bits per heavy atom. The summed E-state index contributed by atoms with van der Waals surface area (Å²) in [6.45, 7) is 5.75. The zero-order valence-corrected chi connectivity index (χ0v) is 20.5. The highest BCUT2D eigenvalue weighted by atomic mass is 16.3. The van der Waals surface area contributed by atoms with E-state index < -0.39 is 5.60 Å². The van der Waals surface area contributed by atoms with E-state index in [-0.39, 0.29) is 5.92 Å². The number of aromatic amines is 1. The summed E-state index contributed by atoms with van der Waals surface area (Å²) in [4.78, 5) is 19.2. The van der Waals surface area contributed by atoms with Crippen LogP contribution in [0.25, 0.3) is 33.7 Å². The molecule has 37 heavy (non-hydrogen) atoms. The lowest BCUT2D eigenvalue weighted by Gasteiger charge is -2.45. The van der Waals surface area contributed by atoms with Crippen LogP contribution in [-0.4, -0.2) is 58.7 Å². The van der Waals surface area contributed by atoms with Crippen molar-refractivity contribution >= 4 is 17.0 Å². The maximum absolute atomic E-state index is 10.2. The molecule has 0 amide bonds. The molecule has 6 rings (SSSR count). The van der Waals surface area contributed by atoms with Crippen LogP contribution in [0.2, 0.25) is 0 Å². The van der Waals surface area contributed by atoms with Gasteiger partial charge in [-0.15, -0.1) is 5.10 Å². The molecule has 10 heteroatoms. The molecule has 10 nitrogen and oxygen atoms in total. The molecule has 0 saturated carbocycles. The van der Waals surface area contributed by atoms with Crippen LogP contribution in [0, 0.1) is 17.2 Å². The number of fused-ring (bicyclic) bond motifs is 1. The number of hydrogen-bond acceptors (Lipinski definition) is 8. The number of hydrogen-bond donors (Lipinski definition) is 2. The Kier molecular flexibility index (Phi) is 5.43. The van der Waals surface area contributed by atoms with Gasteiger partial charge in [-0.3, -0.25) is 0 Å². The van der Waals surface area contributed by atoms with Crippen molar-refractivity contribution in [2.75, 3.05) is 18.0 Å². The summed E-state index contributed by atoms with van der Waals surface area (Å²) in [6, 6.07) is 17.4. The Morgan fingerprint density at radius 2 is 1.95 bits per heavy atom. The number of aliphatic hydroxyl groups is 1. The number of nitrogens with one attached hydrogen (secondary N) is 1. The standard InChI is InChI=1S/C27H25N9O/c1-27(2,37)19-12-35(13-19)24-8-4-7-20(31-24)14-36-15-23(33-34-36)21-10-22(32-26-25(21)29-16-30-26)18-6-3-5-17(9-18)11-28/h3-10,15-16,19,37H,12-14H2,1-2H3,(H,29,30,32). The lowest BCUT2D eigenvalue weighted by Crippen LogP contribution is -2.56. The highest BCUT2D eigenvalue weighted by Gasteiger charge is 2.38. The van der Waals surface area contributed by atoms with E-state index in [0.29, 0.717) is 34.7 Å². The third-order valence-electron chi connectivity index (χ3n) is 6.81.